The number of aliphatic hydroxyl groups is 1. The second kappa shape index (κ2) is 4.50. The van der Waals surface area contributed by atoms with E-state index in [0.717, 1.165) is 4.90 Å². The molecule has 1 N–H and O–H groups in total. The monoisotopic (exact) mass is 314 g/mol. The number of carboxylic acids is 1. The van der Waals surface area contributed by atoms with Crippen LogP contribution in [0.1, 0.15) is 10.4 Å². The van der Waals surface area contributed by atoms with Gasteiger partial charge in [0.25, 0.3) is 0 Å². The molecule has 0 unspecified atom stereocenters. The SMILES string of the molecule is O=C([O-])c1ccc(N2C(=O)[C@@H]3[C@@H](C2=O)[C@]2(CO)C=C[C@H]3O2)cc1. The van der Waals surface area contributed by atoms with E-state index in [0.29, 0.717) is 5.69 Å². The molecule has 3 aliphatic rings. The molecule has 0 spiro atoms. The number of aromatic carboxylic acids is 1. The van der Waals surface area contributed by atoms with Gasteiger partial charge in [-0.15, -0.1) is 0 Å². The number of aliphatic hydroxyl groups excluding tert-OH is 1. The fraction of sp³-hybridized carbons (Fsp3) is 0.312. The van der Waals surface area contributed by atoms with Gasteiger partial charge >= 0.3 is 0 Å². The maximum Gasteiger partial charge on any atom is 0.241 e. The van der Waals surface area contributed by atoms with E-state index in [4.69, 9.17) is 4.74 Å². The van der Waals surface area contributed by atoms with Crippen LogP contribution in [-0.4, -0.2) is 41.2 Å². The Morgan fingerprint density at radius 2 is 1.96 bits per heavy atom. The summed E-state index contributed by atoms with van der Waals surface area (Å²) < 4.78 is 5.64. The molecule has 23 heavy (non-hydrogen) atoms. The van der Waals surface area contributed by atoms with Crippen molar-refractivity contribution in [2.45, 2.75) is 11.7 Å². The van der Waals surface area contributed by atoms with E-state index in [1.807, 2.05) is 0 Å². The zero-order valence-electron chi connectivity index (χ0n) is 11.8. The zero-order valence-corrected chi connectivity index (χ0v) is 11.8. The van der Waals surface area contributed by atoms with E-state index in [-0.39, 0.29) is 12.2 Å². The summed E-state index contributed by atoms with van der Waals surface area (Å²) in [5, 5.41) is 20.4. The number of carbonyl (C=O) groups excluding carboxylic acids is 3. The first-order valence-electron chi connectivity index (χ1n) is 7.16. The van der Waals surface area contributed by atoms with Crippen LogP contribution in [-0.2, 0) is 14.3 Å². The molecule has 2 fully saturated rings. The Morgan fingerprint density at radius 1 is 1.26 bits per heavy atom. The molecule has 118 valence electrons. The summed E-state index contributed by atoms with van der Waals surface area (Å²) in [5.41, 5.74) is -0.876. The number of carbonyl (C=O) groups is 3. The van der Waals surface area contributed by atoms with Gasteiger partial charge in [-0.05, 0) is 17.7 Å². The van der Waals surface area contributed by atoms with Crippen LogP contribution in [0.15, 0.2) is 36.4 Å². The topological polar surface area (TPSA) is 107 Å². The molecule has 0 aliphatic carbocycles. The Hall–Kier alpha value is -2.51. The molecule has 0 aromatic heterocycles. The highest BCUT2D eigenvalue weighted by molar-refractivity contribution is 6.23. The van der Waals surface area contributed by atoms with Crippen molar-refractivity contribution in [1.82, 2.24) is 0 Å². The minimum Gasteiger partial charge on any atom is -0.545 e. The van der Waals surface area contributed by atoms with E-state index in [9.17, 15) is 24.6 Å². The molecule has 1 aromatic rings. The summed E-state index contributed by atoms with van der Waals surface area (Å²) in [4.78, 5) is 37.2. The summed E-state index contributed by atoms with van der Waals surface area (Å²) in [7, 11) is 0. The highest BCUT2D eigenvalue weighted by atomic mass is 16.5. The Kier molecular flexibility index (Phi) is 2.76. The molecule has 4 atom stereocenters. The standard InChI is InChI=1S/C16H13NO6/c18-7-16-6-5-10(23-16)11-12(16)14(20)17(13(11)19)9-3-1-8(2-4-9)15(21)22/h1-6,10-12,18H,7H2,(H,21,22)/p-1/t10-,11+,12+,16-/m1/s1. The molecule has 7 heteroatoms. The lowest BCUT2D eigenvalue weighted by molar-refractivity contribution is -0.255. The Balaban J connectivity index is 1.72. The van der Waals surface area contributed by atoms with E-state index in [1.54, 1.807) is 12.2 Å². The van der Waals surface area contributed by atoms with Gasteiger partial charge in [0.2, 0.25) is 11.8 Å². The molecule has 0 radical (unpaired) electrons. The maximum absolute atomic E-state index is 12.7. The van der Waals surface area contributed by atoms with E-state index in [2.05, 4.69) is 0 Å². The van der Waals surface area contributed by atoms with Gasteiger partial charge < -0.3 is 19.7 Å². The Bertz CT molecular complexity index is 754. The summed E-state index contributed by atoms with van der Waals surface area (Å²) in [6.45, 7) is -0.377. The van der Waals surface area contributed by atoms with Crippen LogP contribution in [0.3, 0.4) is 0 Å². The lowest BCUT2D eigenvalue weighted by Crippen LogP contribution is -2.43. The predicted octanol–water partition coefficient (Wildman–Crippen LogP) is -1.14. The zero-order chi connectivity index (χ0) is 16.4. The van der Waals surface area contributed by atoms with Gasteiger partial charge in [0.1, 0.15) is 5.60 Å². The first kappa shape index (κ1) is 14.1. The number of hydrogen-bond acceptors (Lipinski definition) is 6. The fourth-order valence-corrected chi connectivity index (χ4v) is 3.69. The summed E-state index contributed by atoms with van der Waals surface area (Å²) in [6, 6.07) is 5.35. The second-order valence-electron chi connectivity index (χ2n) is 5.90. The maximum atomic E-state index is 12.7. The molecule has 2 saturated heterocycles. The third kappa shape index (κ3) is 1.68. The van der Waals surface area contributed by atoms with Crippen molar-refractivity contribution in [3.8, 4) is 0 Å². The number of carboxylic acid groups (broad SMARTS) is 1. The van der Waals surface area contributed by atoms with Gasteiger partial charge in [-0.2, -0.15) is 0 Å². The Labute approximate surface area is 130 Å². The number of rotatable bonds is 3. The molecule has 7 nitrogen and oxygen atoms in total. The molecular weight excluding hydrogens is 302 g/mol. The molecule has 4 rings (SSSR count). The van der Waals surface area contributed by atoms with Crippen molar-refractivity contribution < 1.29 is 29.3 Å². The van der Waals surface area contributed by atoms with Crippen molar-refractivity contribution in [3.63, 3.8) is 0 Å². The normalized spacial score (nSPS) is 34.3. The number of imide groups is 1. The minimum atomic E-state index is -1.33. The minimum absolute atomic E-state index is 0.0371. The predicted molar refractivity (Wildman–Crippen MR) is 74.1 cm³/mol. The smallest absolute Gasteiger partial charge is 0.241 e. The lowest BCUT2D eigenvalue weighted by atomic mass is 9.77. The number of nitrogens with zero attached hydrogens (tertiary/aromatic N) is 1. The van der Waals surface area contributed by atoms with Crippen LogP contribution in [0.4, 0.5) is 5.69 Å². The van der Waals surface area contributed by atoms with Crippen molar-refractivity contribution in [3.05, 3.63) is 42.0 Å². The largest absolute Gasteiger partial charge is 0.545 e. The van der Waals surface area contributed by atoms with Crippen LogP contribution in [0, 0.1) is 11.8 Å². The van der Waals surface area contributed by atoms with E-state index >= 15 is 0 Å². The van der Waals surface area contributed by atoms with Crippen LogP contribution in [0.25, 0.3) is 0 Å². The average Bonchev–Trinajstić information content (AvgIpc) is 3.19. The van der Waals surface area contributed by atoms with Crippen LogP contribution in [0.2, 0.25) is 0 Å². The van der Waals surface area contributed by atoms with Crippen molar-refractivity contribution in [2.75, 3.05) is 11.5 Å². The first-order valence-corrected chi connectivity index (χ1v) is 7.16. The van der Waals surface area contributed by atoms with Gasteiger partial charge in [0.05, 0.1) is 36.2 Å². The molecule has 3 heterocycles. The van der Waals surface area contributed by atoms with Gasteiger partial charge in [0, 0.05) is 0 Å². The lowest BCUT2D eigenvalue weighted by Gasteiger charge is -2.26. The number of hydrogen-bond donors (Lipinski definition) is 1. The summed E-state index contributed by atoms with van der Waals surface area (Å²) in [5.74, 6) is -3.58. The fourth-order valence-electron chi connectivity index (χ4n) is 3.69. The molecule has 2 bridgehead atoms. The quantitative estimate of drug-likeness (QED) is 0.558. The van der Waals surface area contributed by atoms with Crippen molar-refractivity contribution in [2.24, 2.45) is 11.8 Å². The summed E-state index contributed by atoms with van der Waals surface area (Å²) >= 11 is 0. The van der Waals surface area contributed by atoms with Gasteiger partial charge in [0.15, 0.2) is 0 Å². The highest BCUT2D eigenvalue weighted by Gasteiger charge is 2.67. The average molecular weight is 314 g/mol. The Morgan fingerprint density at radius 3 is 2.57 bits per heavy atom. The van der Waals surface area contributed by atoms with Gasteiger partial charge in [-0.1, -0.05) is 24.3 Å². The van der Waals surface area contributed by atoms with Crippen molar-refractivity contribution in [1.29, 1.82) is 0 Å². The molecular formula is C16H12NO6-. The number of fused-ring (bicyclic) bond motifs is 5. The number of amides is 2. The van der Waals surface area contributed by atoms with Gasteiger partial charge in [-0.25, -0.2) is 4.90 Å². The van der Waals surface area contributed by atoms with Crippen LogP contribution < -0.4 is 10.0 Å². The molecule has 2 amide bonds. The third-order valence-electron chi connectivity index (χ3n) is 4.76. The van der Waals surface area contributed by atoms with Gasteiger partial charge in [-0.3, -0.25) is 9.59 Å². The number of benzene rings is 1. The van der Waals surface area contributed by atoms with Crippen LogP contribution in [0.5, 0.6) is 0 Å². The molecule has 1 aromatic carbocycles. The number of anilines is 1. The second-order valence-corrected chi connectivity index (χ2v) is 5.90. The van der Waals surface area contributed by atoms with Crippen LogP contribution >= 0.6 is 0 Å². The van der Waals surface area contributed by atoms with Crippen molar-refractivity contribution >= 4 is 23.5 Å². The third-order valence-corrected chi connectivity index (χ3v) is 4.76. The highest BCUT2D eigenvalue weighted by Crippen LogP contribution is 2.52. The first-order chi connectivity index (χ1) is 11.0. The van der Waals surface area contributed by atoms with E-state index in [1.165, 1.54) is 24.3 Å². The number of ether oxygens (including phenoxy) is 1. The molecule has 3 aliphatic heterocycles. The van der Waals surface area contributed by atoms with E-state index < -0.39 is 41.3 Å². The molecule has 0 saturated carbocycles. The summed E-state index contributed by atoms with van der Waals surface area (Å²) in [6.07, 6.45) is 2.83.